The fraction of sp³-hybridized carbons (Fsp3) is 0.667. The van der Waals surface area contributed by atoms with Crippen molar-refractivity contribution < 1.29 is 80.3 Å². The number of halogens is 11. The lowest BCUT2D eigenvalue weighted by Crippen LogP contribution is -2.64. The van der Waals surface area contributed by atoms with Crippen molar-refractivity contribution in [3.63, 3.8) is 0 Å². The van der Waals surface area contributed by atoms with Gasteiger partial charge in [-0.15, -0.1) is 0 Å². The van der Waals surface area contributed by atoms with Gasteiger partial charge in [0.1, 0.15) is 18.2 Å². The minimum absolute atomic E-state index is 0.0116. The summed E-state index contributed by atoms with van der Waals surface area (Å²) in [5.74, 6) is -12.2. The molecule has 20 heteroatoms. The monoisotopic (exact) mass is 521 g/mol. The van der Waals surface area contributed by atoms with Crippen LogP contribution in [0.1, 0.15) is 6.92 Å². The van der Waals surface area contributed by atoms with Crippen molar-refractivity contribution in [2.75, 3.05) is 6.61 Å². The molecule has 1 amide bonds. The summed E-state index contributed by atoms with van der Waals surface area (Å²) in [5, 5.41) is -5.23. The number of hydrogen-bond donors (Lipinski definition) is 2. The van der Waals surface area contributed by atoms with Gasteiger partial charge >= 0.3 is 51.6 Å². The molecule has 0 aliphatic rings. The zero-order chi connectivity index (χ0) is 26.1. The van der Waals surface area contributed by atoms with Gasteiger partial charge < -0.3 is 14.8 Å². The van der Waals surface area contributed by atoms with Gasteiger partial charge in [-0.3, -0.25) is 9.35 Å². The second-order valence-electron chi connectivity index (χ2n) is 5.62. The molecular weight excluding hydrogens is 511 g/mol. The number of amides is 1. The minimum Gasteiger partial charge on any atom is -0.412 e. The van der Waals surface area contributed by atoms with Gasteiger partial charge in [0.25, 0.3) is 0 Å². The van der Waals surface area contributed by atoms with Gasteiger partial charge in [-0.25, -0.2) is 4.79 Å². The first kappa shape index (κ1) is 29.8. The molecule has 0 aliphatic heterocycles. The molecule has 188 valence electrons. The van der Waals surface area contributed by atoms with Crippen molar-refractivity contribution in [2.45, 2.75) is 42.5 Å². The zero-order valence-electron chi connectivity index (χ0n) is 15.0. The fourth-order valence-corrected chi connectivity index (χ4v) is 1.56. The van der Waals surface area contributed by atoms with E-state index in [1.165, 1.54) is 0 Å². The van der Waals surface area contributed by atoms with Gasteiger partial charge in [-0.1, -0.05) is 6.58 Å². The van der Waals surface area contributed by atoms with Crippen molar-refractivity contribution in [1.82, 2.24) is 5.32 Å². The number of hydrogen-bond acceptors (Lipinski definition) is 6. The molecule has 0 radical (unpaired) electrons. The fourth-order valence-electron chi connectivity index (χ4n) is 1.35. The third-order valence-electron chi connectivity index (χ3n) is 3.16. The Morgan fingerprint density at radius 2 is 1.44 bits per heavy atom. The van der Waals surface area contributed by atoms with Crippen LogP contribution in [0.25, 0.3) is 0 Å². The molecule has 0 saturated carbocycles. The van der Waals surface area contributed by atoms with E-state index in [1.54, 1.807) is 0 Å². The molecule has 0 bridgehead atoms. The van der Waals surface area contributed by atoms with Crippen LogP contribution < -0.4 is 5.32 Å². The summed E-state index contributed by atoms with van der Waals surface area (Å²) in [4.78, 5) is 23.2. The molecule has 0 aromatic heterocycles. The quantitative estimate of drug-likeness (QED) is 0.166. The largest absolute Gasteiger partial charge is 0.466 e. The Balaban J connectivity index is 6.54. The lowest BCUT2D eigenvalue weighted by Gasteiger charge is -2.35. The Kier molecular flexibility index (Phi) is 8.34. The Bertz CT molecular complexity index is 847. The number of nitrogens with one attached hydrogen (secondary N) is 1. The highest BCUT2D eigenvalue weighted by molar-refractivity contribution is 7.86. The second kappa shape index (κ2) is 8.96. The molecule has 2 N–H and O–H groups in total. The smallest absolute Gasteiger partial charge is 0.412 e. The molecule has 2 unspecified atom stereocenters. The number of carbonyl (C=O) groups excluding carboxylic acids is 2. The molecule has 0 fully saturated rings. The normalized spacial score (nSPS) is 16.7. The molecule has 8 nitrogen and oxygen atoms in total. The summed E-state index contributed by atoms with van der Waals surface area (Å²) in [6.45, 7) is -1.25. The molecule has 0 aromatic rings. The van der Waals surface area contributed by atoms with Gasteiger partial charge in [0, 0.05) is 0 Å². The maximum atomic E-state index is 13.5. The van der Waals surface area contributed by atoms with Crippen molar-refractivity contribution in [3.05, 3.63) is 12.2 Å². The van der Waals surface area contributed by atoms with E-state index in [-0.39, 0.29) is 6.92 Å². The highest BCUT2D eigenvalue weighted by atomic mass is 32.2. The van der Waals surface area contributed by atoms with Crippen LogP contribution in [0.15, 0.2) is 12.2 Å². The first-order valence-corrected chi connectivity index (χ1v) is 8.66. The summed E-state index contributed by atoms with van der Waals surface area (Å²) in [6, 6.07) is -3.24. The first-order chi connectivity index (χ1) is 13.8. The highest BCUT2D eigenvalue weighted by Crippen LogP contribution is 2.39. The number of esters is 1. The van der Waals surface area contributed by atoms with Crippen LogP contribution in [0.2, 0.25) is 0 Å². The Labute approximate surface area is 170 Å². The van der Waals surface area contributed by atoms with E-state index in [0.717, 1.165) is 0 Å². The topological polar surface area (TPSA) is 119 Å². The Morgan fingerprint density at radius 1 is 1.00 bits per heavy atom. The number of alkyl halides is 11. The molecule has 0 aromatic carbocycles. The average molecular weight is 521 g/mol. The van der Waals surface area contributed by atoms with Gasteiger partial charge in [0.2, 0.25) is 0 Å². The van der Waals surface area contributed by atoms with E-state index >= 15 is 0 Å². The van der Waals surface area contributed by atoms with E-state index in [0.29, 0.717) is 5.32 Å². The standard InChI is InChI=1S/C12H10F11NO7S/c1-4(10(15,16)17)6(25)31-9(12(21,22)23,7(26)24-5(2)11(18,19)20)30-3-8(13,14)32(27,28)29/h5H,1,3H2,2H3,(H,24,26)(H,27,28,29). The van der Waals surface area contributed by atoms with E-state index in [2.05, 4.69) is 9.47 Å². The molecule has 0 heterocycles. The zero-order valence-corrected chi connectivity index (χ0v) is 15.8. The van der Waals surface area contributed by atoms with Crippen LogP contribution in [-0.2, 0) is 29.2 Å². The molecular formula is C12H10F11NO7S. The Morgan fingerprint density at radius 3 is 1.75 bits per heavy atom. The van der Waals surface area contributed by atoms with Gasteiger partial charge in [0.15, 0.2) is 0 Å². The Hall–Kier alpha value is -2.22. The number of rotatable bonds is 8. The van der Waals surface area contributed by atoms with Gasteiger partial charge in [0.05, 0.1) is 0 Å². The molecule has 0 saturated heterocycles. The third-order valence-corrected chi connectivity index (χ3v) is 4.03. The second-order valence-corrected chi connectivity index (χ2v) is 7.17. The first-order valence-electron chi connectivity index (χ1n) is 7.22. The summed E-state index contributed by atoms with van der Waals surface area (Å²) in [6.07, 6.45) is -18.0. The lowest BCUT2D eigenvalue weighted by atomic mass is 10.2. The van der Waals surface area contributed by atoms with Gasteiger partial charge in [-0.05, 0) is 6.92 Å². The van der Waals surface area contributed by atoms with Gasteiger partial charge in [-0.2, -0.15) is 56.7 Å². The highest BCUT2D eigenvalue weighted by Gasteiger charge is 2.69. The molecule has 0 aliphatic carbocycles. The predicted octanol–water partition coefficient (Wildman–Crippen LogP) is 2.47. The van der Waals surface area contributed by atoms with Crippen LogP contribution in [0, 0.1) is 0 Å². The van der Waals surface area contributed by atoms with Crippen LogP contribution in [0.5, 0.6) is 0 Å². The van der Waals surface area contributed by atoms with Crippen LogP contribution >= 0.6 is 0 Å². The van der Waals surface area contributed by atoms with E-state index in [9.17, 15) is 66.3 Å². The lowest BCUT2D eigenvalue weighted by molar-refractivity contribution is -0.354. The molecule has 0 spiro atoms. The van der Waals surface area contributed by atoms with Crippen LogP contribution in [0.4, 0.5) is 48.3 Å². The summed E-state index contributed by atoms with van der Waals surface area (Å²) < 4.78 is 178. The van der Waals surface area contributed by atoms with Crippen LogP contribution in [0.3, 0.4) is 0 Å². The van der Waals surface area contributed by atoms with Crippen molar-refractivity contribution >= 4 is 22.0 Å². The number of ether oxygens (including phenoxy) is 2. The maximum absolute atomic E-state index is 13.5. The SMILES string of the molecule is C=C(C(=O)OC(OCC(F)(F)S(=O)(=O)O)(C(=O)NC(C)C(F)(F)F)C(F)(F)F)C(F)(F)F. The van der Waals surface area contributed by atoms with Crippen molar-refractivity contribution in [2.24, 2.45) is 0 Å². The molecule has 0 rings (SSSR count). The van der Waals surface area contributed by atoms with Crippen LogP contribution in [-0.4, -0.2) is 67.1 Å². The minimum atomic E-state index is -6.68. The molecule has 2 atom stereocenters. The molecule has 32 heavy (non-hydrogen) atoms. The van der Waals surface area contributed by atoms with E-state index < -0.39 is 69.8 Å². The summed E-state index contributed by atoms with van der Waals surface area (Å²) in [5.41, 5.74) is -2.78. The predicted molar refractivity (Wildman–Crippen MR) is 76.2 cm³/mol. The number of carbonyl (C=O) groups is 2. The maximum Gasteiger partial charge on any atom is 0.466 e. The van der Waals surface area contributed by atoms with Crippen molar-refractivity contribution in [1.29, 1.82) is 0 Å². The summed E-state index contributed by atoms with van der Waals surface area (Å²) in [7, 11) is -6.59. The van der Waals surface area contributed by atoms with E-state index in [4.69, 9.17) is 4.55 Å². The average Bonchev–Trinajstić information content (AvgIpc) is 2.53. The van der Waals surface area contributed by atoms with Crippen molar-refractivity contribution in [3.8, 4) is 0 Å². The van der Waals surface area contributed by atoms with E-state index in [1.807, 2.05) is 6.58 Å². The third kappa shape index (κ3) is 6.89. The summed E-state index contributed by atoms with van der Waals surface area (Å²) >= 11 is 0.